The summed E-state index contributed by atoms with van der Waals surface area (Å²) >= 11 is 0. The van der Waals surface area contributed by atoms with Crippen molar-refractivity contribution in [2.75, 3.05) is 0 Å². The summed E-state index contributed by atoms with van der Waals surface area (Å²) in [5.41, 5.74) is 7.24. The third-order valence-electron chi connectivity index (χ3n) is 2.35. The zero-order chi connectivity index (χ0) is 10.3. The quantitative estimate of drug-likeness (QED) is 0.474. The standard InChI is InChI=1S/C12H25N/c1-5-6-7-8-11(4)12(13)9-10(2)3/h10,12H,4-9,13H2,1-3H3. The summed E-state index contributed by atoms with van der Waals surface area (Å²) in [4.78, 5) is 0. The highest BCUT2D eigenvalue weighted by Crippen LogP contribution is 2.15. The van der Waals surface area contributed by atoms with E-state index in [1.54, 1.807) is 0 Å². The predicted octanol–water partition coefficient (Wildman–Crippen LogP) is 3.50. The molecule has 0 bridgehead atoms. The Morgan fingerprint density at radius 2 is 1.92 bits per heavy atom. The van der Waals surface area contributed by atoms with E-state index in [0.29, 0.717) is 5.92 Å². The van der Waals surface area contributed by atoms with Gasteiger partial charge in [0, 0.05) is 6.04 Å². The van der Waals surface area contributed by atoms with Crippen molar-refractivity contribution >= 4 is 0 Å². The topological polar surface area (TPSA) is 26.0 Å². The average molecular weight is 183 g/mol. The van der Waals surface area contributed by atoms with Gasteiger partial charge in [0.15, 0.2) is 0 Å². The molecule has 0 aromatic rings. The maximum Gasteiger partial charge on any atom is 0.0253 e. The molecule has 0 rings (SSSR count). The molecule has 0 aliphatic heterocycles. The van der Waals surface area contributed by atoms with Gasteiger partial charge in [0.05, 0.1) is 0 Å². The molecule has 0 radical (unpaired) electrons. The Hall–Kier alpha value is -0.300. The summed E-state index contributed by atoms with van der Waals surface area (Å²) in [5.74, 6) is 0.679. The van der Waals surface area contributed by atoms with Gasteiger partial charge >= 0.3 is 0 Å². The van der Waals surface area contributed by atoms with Crippen molar-refractivity contribution in [2.45, 2.75) is 58.9 Å². The molecule has 1 nitrogen and oxygen atoms in total. The minimum atomic E-state index is 0.219. The van der Waals surface area contributed by atoms with Crippen LogP contribution in [0.2, 0.25) is 0 Å². The van der Waals surface area contributed by atoms with Gasteiger partial charge in [0.1, 0.15) is 0 Å². The summed E-state index contributed by atoms with van der Waals surface area (Å²) in [7, 11) is 0. The first-order valence-corrected chi connectivity index (χ1v) is 5.51. The number of rotatable bonds is 7. The van der Waals surface area contributed by atoms with Crippen LogP contribution >= 0.6 is 0 Å². The minimum Gasteiger partial charge on any atom is -0.324 e. The summed E-state index contributed by atoms with van der Waals surface area (Å²) in [5, 5.41) is 0. The molecule has 0 aromatic heterocycles. The monoisotopic (exact) mass is 183 g/mol. The second-order valence-electron chi connectivity index (χ2n) is 4.35. The fourth-order valence-electron chi connectivity index (χ4n) is 1.46. The fraction of sp³-hybridized carbons (Fsp3) is 0.833. The summed E-state index contributed by atoms with van der Waals surface area (Å²) in [6, 6.07) is 0.219. The Bertz CT molecular complexity index is 138. The molecular weight excluding hydrogens is 158 g/mol. The van der Waals surface area contributed by atoms with E-state index in [-0.39, 0.29) is 6.04 Å². The van der Waals surface area contributed by atoms with E-state index in [1.807, 2.05) is 0 Å². The Morgan fingerprint density at radius 3 is 2.38 bits per heavy atom. The van der Waals surface area contributed by atoms with Crippen LogP contribution in [-0.4, -0.2) is 6.04 Å². The van der Waals surface area contributed by atoms with Crippen molar-refractivity contribution in [3.63, 3.8) is 0 Å². The van der Waals surface area contributed by atoms with Crippen LogP contribution < -0.4 is 5.73 Å². The normalized spacial score (nSPS) is 13.3. The SMILES string of the molecule is C=C(CCCCC)C(N)CC(C)C. The lowest BCUT2D eigenvalue weighted by atomic mass is 9.95. The van der Waals surface area contributed by atoms with Crippen molar-refractivity contribution in [2.24, 2.45) is 11.7 Å². The zero-order valence-electron chi connectivity index (χ0n) is 9.47. The van der Waals surface area contributed by atoms with E-state index < -0.39 is 0 Å². The molecule has 0 aliphatic carbocycles. The Labute approximate surface area is 83.4 Å². The molecule has 78 valence electrons. The number of nitrogens with two attached hydrogens (primary N) is 1. The van der Waals surface area contributed by atoms with Gasteiger partial charge in [-0.05, 0) is 25.2 Å². The molecule has 0 spiro atoms. The maximum atomic E-state index is 6.00. The van der Waals surface area contributed by atoms with Crippen LogP contribution in [0.15, 0.2) is 12.2 Å². The summed E-state index contributed by atoms with van der Waals surface area (Å²) in [6.45, 7) is 10.7. The van der Waals surface area contributed by atoms with Gasteiger partial charge in [-0.15, -0.1) is 0 Å². The molecule has 0 aromatic carbocycles. The van der Waals surface area contributed by atoms with E-state index >= 15 is 0 Å². The molecule has 13 heavy (non-hydrogen) atoms. The zero-order valence-corrected chi connectivity index (χ0v) is 9.47. The van der Waals surface area contributed by atoms with Gasteiger partial charge in [0.2, 0.25) is 0 Å². The number of hydrogen-bond acceptors (Lipinski definition) is 1. The highest BCUT2D eigenvalue weighted by molar-refractivity contribution is 5.04. The first-order chi connectivity index (χ1) is 6.07. The molecular formula is C12H25N. The maximum absolute atomic E-state index is 6.00. The van der Waals surface area contributed by atoms with Crippen LogP contribution in [0, 0.1) is 5.92 Å². The number of unbranched alkanes of at least 4 members (excludes halogenated alkanes) is 2. The summed E-state index contributed by atoms with van der Waals surface area (Å²) in [6.07, 6.45) is 6.01. The van der Waals surface area contributed by atoms with E-state index in [1.165, 1.54) is 24.8 Å². The van der Waals surface area contributed by atoms with Gasteiger partial charge < -0.3 is 5.73 Å². The highest BCUT2D eigenvalue weighted by atomic mass is 14.6. The minimum absolute atomic E-state index is 0.219. The van der Waals surface area contributed by atoms with Crippen LogP contribution in [0.4, 0.5) is 0 Å². The van der Waals surface area contributed by atoms with Crippen LogP contribution in [0.3, 0.4) is 0 Å². The molecule has 1 heteroatoms. The first kappa shape index (κ1) is 12.7. The van der Waals surface area contributed by atoms with Crippen molar-refractivity contribution in [3.8, 4) is 0 Å². The second kappa shape index (κ2) is 7.14. The van der Waals surface area contributed by atoms with Crippen molar-refractivity contribution in [1.29, 1.82) is 0 Å². The smallest absolute Gasteiger partial charge is 0.0253 e. The molecule has 1 unspecified atom stereocenters. The molecule has 2 N–H and O–H groups in total. The lowest BCUT2D eigenvalue weighted by Crippen LogP contribution is -2.24. The van der Waals surface area contributed by atoms with Gasteiger partial charge in [-0.1, -0.05) is 45.8 Å². The largest absolute Gasteiger partial charge is 0.324 e. The Morgan fingerprint density at radius 1 is 1.31 bits per heavy atom. The lowest BCUT2D eigenvalue weighted by Gasteiger charge is -2.16. The fourth-order valence-corrected chi connectivity index (χ4v) is 1.46. The first-order valence-electron chi connectivity index (χ1n) is 5.51. The molecule has 0 amide bonds. The molecule has 0 heterocycles. The van der Waals surface area contributed by atoms with E-state index in [0.717, 1.165) is 12.8 Å². The third-order valence-corrected chi connectivity index (χ3v) is 2.35. The predicted molar refractivity (Wildman–Crippen MR) is 60.7 cm³/mol. The summed E-state index contributed by atoms with van der Waals surface area (Å²) < 4.78 is 0. The molecule has 0 saturated carbocycles. The van der Waals surface area contributed by atoms with Gasteiger partial charge in [-0.3, -0.25) is 0 Å². The van der Waals surface area contributed by atoms with Crippen molar-refractivity contribution < 1.29 is 0 Å². The Balaban J connectivity index is 3.57. The third kappa shape index (κ3) is 6.83. The van der Waals surface area contributed by atoms with Crippen molar-refractivity contribution in [3.05, 3.63) is 12.2 Å². The van der Waals surface area contributed by atoms with Crippen LogP contribution in [0.5, 0.6) is 0 Å². The van der Waals surface area contributed by atoms with Crippen LogP contribution in [-0.2, 0) is 0 Å². The molecule has 0 saturated heterocycles. The van der Waals surface area contributed by atoms with E-state index in [4.69, 9.17) is 5.73 Å². The average Bonchev–Trinajstić information content (AvgIpc) is 2.03. The lowest BCUT2D eigenvalue weighted by molar-refractivity contribution is 0.519. The van der Waals surface area contributed by atoms with Crippen LogP contribution in [0.25, 0.3) is 0 Å². The Kier molecular flexibility index (Phi) is 6.97. The van der Waals surface area contributed by atoms with Gasteiger partial charge in [-0.25, -0.2) is 0 Å². The molecule has 0 fully saturated rings. The molecule has 1 atom stereocenters. The van der Waals surface area contributed by atoms with Gasteiger partial charge in [0.25, 0.3) is 0 Å². The highest BCUT2D eigenvalue weighted by Gasteiger charge is 2.08. The van der Waals surface area contributed by atoms with E-state index in [9.17, 15) is 0 Å². The number of hydrogen-bond donors (Lipinski definition) is 1. The molecule has 0 aliphatic rings. The second-order valence-corrected chi connectivity index (χ2v) is 4.35. The van der Waals surface area contributed by atoms with Crippen molar-refractivity contribution in [1.82, 2.24) is 0 Å². The van der Waals surface area contributed by atoms with E-state index in [2.05, 4.69) is 27.4 Å². The van der Waals surface area contributed by atoms with Gasteiger partial charge in [-0.2, -0.15) is 0 Å². The van der Waals surface area contributed by atoms with Crippen LogP contribution in [0.1, 0.15) is 52.9 Å².